The van der Waals surface area contributed by atoms with E-state index in [4.69, 9.17) is 9.47 Å². The third-order valence-corrected chi connectivity index (χ3v) is 7.60. The maximum Gasteiger partial charge on any atom is 0.153 e. The lowest BCUT2D eigenvalue weighted by Gasteiger charge is -2.57. The van der Waals surface area contributed by atoms with E-state index < -0.39 is 0 Å². The van der Waals surface area contributed by atoms with E-state index >= 15 is 0 Å². The Morgan fingerprint density at radius 2 is 1.55 bits per heavy atom. The third-order valence-electron chi connectivity index (χ3n) is 7.60. The van der Waals surface area contributed by atoms with Crippen LogP contribution in [0.3, 0.4) is 0 Å². The molecule has 4 nitrogen and oxygen atoms in total. The molecule has 0 atom stereocenters. The fourth-order valence-corrected chi connectivity index (χ4v) is 6.81. The van der Waals surface area contributed by atoms with E-state index in [9.17, 15) is 9.90 Å². The predicted octanol–water partition coefficient (Wildman–Crippen LogP) is 5.36. The summed E-state index contributed by atoms with van der Waals surface area (Å²) < 4.78 is 10.9. The molecular weight excluding hydrogens is 364 g/mol. The average Bonchev–Trinajstić information content (AvgIpc) is 2.72. The summed E-state index contributed by atoms with van der Waals surface area (Å²) in [5.41, 5.74) is 3.49. The minimum absolute atomic E-state index is 0.0992. The van der Waals surface area contributed by atoms with Crippen LogP contribution < -0.4 is 9.47 Å². The molecule has 4 bridgehead atoms. The Bertz CT molecular complexity index is 926. The van der Waals surface area contributed by atoms with Crippen LogP contribution in [0.5, 0.6) is 17.2 Å². The Balaban J connectivity index is 1.62. The molecule has 4 saturated carbocycles. The van der Waals surface area contributed by atoms with Crippen LogP contribution in [0.25, 0.3) is 11.1 Å². The second-order valence-corrected chi connectivity index (χ2v) is 9.34. The monoisotopic (exact) mass is 392 g/mol. The number of carbonyl (C=O) groups excluding carboxylic acids is 1. The lowest BCUT2D eigenvalue weighted by atomic mass is 9.48. The number of ether oxygens (including phenoxy) is 2. The summed E-state index contributed by atoms with van der Waals surface area (Å²) >= 11 is 0. The van der Waals surface area contributed by atoms with E-state index in [2.05, 4.69) is 6.07 Å². The van der Waals surface area contributed by atoms with Crippen LogP contribution in [-0.2, 0) is 5.41 Å². The average molecular weight is 392 g/mol. The summed E-state index contributed by atoms with van der Waals surface area (Å²) in [7, 11) is 3.17. The maximum absolute atomic E-state index is 11.6. The quantitative estimate of drug-likeness (QED) is 0.696. The molecule has 4 aliphatic rings. The summed E-state index contributed by atoms with van der Waals surface area (Å²) in [6.45, 7) is 0. The van der Waals surface area contributed by atoms with Gasteiger partial charge < -0.3 is 14.6 Å². The molecule has 4 aliphatic carbocycles. The lowest BCUT2D eigenvalue weighted by molar-refractivity contribution is -0.00611. The van der Waals surface area contributed by atoms with E-state index in [-0.39, 0.29) is 5.41 Å². The fourth-order valence-electron chi connectivity index (χ4n) is 6.81. The summed E-state index contributed by atoms with van der Waals surface area (Å²) in [5, 5.41) is 10.8. The Labute approximate surface area is 171 Å². The normalized spacial score (nSPS) is 29.7. The van der Waals surface area contributed by atoms with Crippen molar-refractivity contribution in [3.05, 3.63) is 41.5 Å². The van der Waals surface area contributed by atoms with Crippen LogP contribution in [0.2, 0.25) is 0 Å². The number of hydrogen-bond acceptors (Lipinski definition) is 4. The molecule has 0 aliphatic heterocycles. The molecule has 2 aromatic rings. The number of aldehydes is 1. The van der Waals surface area contributed by atoms with Gasteiger partial charge in [0.05, 0.1) is 19.8 Å². The van der Waals surface area contributed by atoms with Crippen molar-refractivity contribution < 1.29 is 19.4 Å². The van der Waals surface area contributed by atoms with Gasteiger partial charge in [-0.1, -0.05) is 6.07 Å². The van der Waals surface area contributed by atoms with E-state index in [0.717, 1.165) is 40.7 Å². The van der Waals surface area contributed by atoms with Gasteiger partial charge in [-0.3, -0.25) is 4.79 Å². The molecule has 1 N–H and O–H groups in total. The van der Waals surface area contributed by atoms with Crippen molar-refractivity contribution in [2.45, 2.75) is 43.9 Å². The minimum atomic E-state index is 0.0992. The number of carbonyl (C=O) groups is 1. The Morgan fingerprint density at radius 1 is 0.931 bits per heavy atom. The molecule has 0 spiro atoms. The van der Waals surface area contributed by atoms with Crippen molar-refractivity contribution in [2.24, 2.45) is 17.8 Å². The molecule has 0 amide bonds. The highest BCUT2D eigenvalue weighted by molar-refractivity contribution is 5.86. The van der Waals surface area contributed by atoms with E-state index in [0.29, 0.717) is 22.8 Å². The fraction of sp³-hybridized carbons (Fsp3) is 0.480. The number of rotatable bonds is 5. The van der Waals surface area contributed by atoms with Crippen LogP contribution in [0.4, 0.5) is 0 Å². The van der Waals surface area contributed by atoms with Crippen LogP contribution in [-0.4, -0.2) is 25.6 Å². The smallest absolute Gasteiger partial charge is 0.153 e. The van der Waals surface area contributed by atoms with Crippen LogP contribution in [0, 0.1) is 17.8 Å². The Morgan fingerprint density at radius 3 is 2.10 bits per heavy atom. The Hall–Kier alpha value is -2.49. The van der Waals surface area contributed by atoms with E-state index in [1.807, 2.05) is 18.2 Å². The van der Waals surface area contributed by atoms with Gasteiger partial charge in [0, 0.05) is 17.2 Å². The summed E-state index contributed by atoms with van der Waals surface area (Å²) in [6, 6.07) is 9.45. The van der Waals surface area contributed by atoms with Crippen molar-refractivity contribution in [1.82, 2.24) is 0 Å². The third kappa shape index (κ3) is 2.92. The molecule has 152 valence electrons. The SMILES string of the molecule is COc1cc(OC)c(-c2ccc(O)c(C34CC5CC(CC(C5)C3)C4)c2)cc1C=O. The number of methoxy groups -OCH3 is 2. The first-order valence-electron chi connectivity index (χ1n) is 10.6. The van der Waals surface area contributed by atoms with E-state index in [1.54, 1.807) is 20.3 Å². The number of aromatic hydroxyl groups is 1. The van der Waals surface area contributed by atoms with Gasteiger partial charge in [0.1, 0.15) is 17.2 Å². The molecule has 4 heteroatoms. The van der Waals surface area contributed by atoms with Gasteiger partial charge in [0.25, 0.3) is 0 Å². The second kappa shape index (κ2) is 6.79. The maximum atomic E-state index is 11.6. The van der Waals surface area contributed by atoms with Crippen LogP contribution in [0.15, 0.2) is 30.3 Å². The van der Waals surface area contributed by atoms with Gasteiger partial charge in [-0.2, -0.15) is 0 Å². The zero-order valence-corrected chi connectivity index (χ0v) is 17.1. The van der Waals surface area contributed by atoms with Gasteiger partial charge >= 0.3 is 0 Å². The number of benzene rings is 2. The first-order chi connectivity index (χ1) is 14.0. The van der Waals surface area contributed by atoms with Gasteiger partial charge in [-0.05, 0) is 85.5 Å². The van der Waals surface area contributed by atoms with Crippen LogP contribution in [0.1, 0.15) is 54.4 Å². The van der Waals surface area contributed by atoms with Crippen LogP contribution >= 0.6 is 0 Å². The molecule has 0 saturated heterocycles. The molecule has 2 aromatic carbocycles. The predicted molar refractivity (Wildman–Crippen MR) is 112 cm³/mol. The van der Waals surface area contributed by atoms with E-state index in [1.165, 1.54) is 38.5 Å². The van der Waals surface area contributed by atoms with Gasteiger partial charge in [0.2, 0.25) is 0 Å². The minimum Gasteiger partial charge on any atom is -0.508 e. The second-order valence-electron chi connectivity index (χ2n) is 9.34. The molecule has 0 heterocycles. The lowest BCUT2D eigenvalue weighted by Crippen LogP contribution is -2.48. The zero-order valence-electron chi connectivity index (χ0n) is 17.1. The number of hydrogen-bond donors (Lipinski definition) is 1. The summed E-state index contributed by atoms with van der Waals surface area (Å²) in [4.78, 5) is 11.6. The number of phenolic OH excluding ortho intramolecular Hbond substituents is 1. The highest BCUT2D eigenvalue weighted by Crippen LogP contribution is 2.62. The largest absolute Gasteiger partial charge is 0.508 e. The van der Waals surface area contributed by atoms with Crippen molar-refractivity contribution in [2.75, 3.05) is 14.2 Å². The topological polar surface area (TPSA) is 55.8 Å². The molecule has 0 unspecified atom stereocenters. The zero-order chi connectivity index (χ0) is 20.2. The molecule has 6 rings (SSSR count). The van der Waals surface area contributed by atoms with Crippen molar-refractivity contribution >= 4 is 6.29 Å². The first kappa shape index (κ1) is 18.5. The number of phenols is 1. The first-order valence-corrected chi connectivity index (χ1v) is 10.6. The van der Waals surface area contributed by atoms with Crippen molar-refractivity contribution in [3.8, 4) is 28.4 Å². The molecule has 0 aromatic heterocycles. The van der Waals surface area contributed by atoms with Crippen molar-refractivity contribution in [1.29, 1.82) is 0 Å². The molecule has 29 heavy (non-hydrogen) atoms. The highest BCUT2D eigenvalue weighted by Gasteiger charge is 2.52. The molecular formula is C25H28O4. The highest BCUT2D eigenvalue weighted by atomic mass is 16.5. The van der Waals surface area contributed by atoms with Gasteiger partial charge in [0.15, 0.2) is 6.29 Å². The Kier molecular flexibility index (Phi) is 4.34. The molecule has 0 radical (unpaired) electrons. The van der Waals surface area contributed by atoms with Crippen molar-refractivity contribution in [3.63, 3.8) is 0 Å². The summed E-state index contributed by atoms with van der Waals surface area (Å²) in [6.07, 6.45) is 8.49. The van der Waals surface area contributed by atoms with Gasteiger partial charge in [-0.25, -0.2) is 0 Å². The molecule has 4 fully saturated rings. The summed E-state index contributed by atoms with van der Waals surface area (Å²) in [5.74, 6) is 3.98. The standard InChI is InChI=1S/C25H28O4/c1-28-23-10-24(29-2)20(8-19(23)14-26)18-3-4-22(27)21(9-18)25-11-15-5-16(12-25)7-17(6-15)13-25/h3-4,8-10,14-17,27H,5-7,11-13H2,1-2H3. The van der Waals surface area contributed by atoms with Gasteiger partial charge in [-0.15, -0.1) is 0 Å².